The molecule has 1 heterocycles. The molecule has 0 amide bonds. The fourth-order valence-electron chi connectivity index (χ4n) is 2.94. The van der Waals surface area contributed by atoms with Crippen molar-refractivity contribution >= 4 is 0 Å². The molecular formula is C12H24N2O. The number of rotatable bonds is 2. The second-order valence-corrected chi connectivity index (χ2v) is 5.38. The van der Waals surface area contributed by atoms with E-state index in [-0.39, 0.29) is 5.60 Å². The van der Waals surface area contributed by atoms with Gasteiger partial charge in [0.25, 0.3) is 0 Å². The summed E-state index contributed by atoms with van der Waals surface area (Å²) in [5.74, 6) is 0. The Balaban J connectivity index is 1.83. The standard InChI is InChI=1S/C12H24N2O/c1-11-9-14(8-7-13-11)10-12(15)5-3-2-4-6-12/h11,13,15H,2-10H2,1H3/t11-/m0/s1. The van der Waals surface area contributed by atoms with Gasteiger partial charge >= 0.3 is 0 Å². The van der Waals surface area contributed by atoms with Crippen molar-refractivity contribution in [1.82, 2.24) is 10.2 Å². The van der Waals surface area contributed by atoms with Gasteiger partial charge in [0.1, 0.15) is 0 Å². The molecule has 0 aromatic carbocycles. The summed E-state index contributed by atoms with van der Waals surface area (Å²) in [7, 11) is 0. The fourth-order valence-corrected chi connectivity index (χ4v) is 2.94. The first-order chi connectivity index (χ1) is 7.18. The van der Waals surface area contributed by atoms with Crippen LogP contribution in [-0.2, 0) is 0 Å². The molecule has 2 rings (SSSR count). The lowest BCUT2D eigenvalue weighted by Crippen LogP contribution is -2.54. The van der Waals surface area contributed by atoms with Gasteiger partial charge in [0, 0.05) is 32.2 Å². The molecule has 0 aromatic rings. The van der Waals surface area contributed by atoms with Crippen LogP contribution in [0.4, 0.5) is 0 Å². The second kappa shape index (κ2) is 4.81. The molecule has 1 atom stereocenters. The first kappa shape index (κ1) is 11.4. The minimum Gasteiger partial charge on any atom is -0.389 e. The average molecular weight is 212 g/mol. The van der Waals surface area contributed by atoms with E-state index in [2.05, 4.69) is 17.1 Å². The van der Waals surface area contributed by atoms with Gasteiger partial charge in [-0.05, 0) is 19.8 Å². The molecule has 88 valence electrons. The molecule has 1 aliphatic heterocycles. The number of piperazine rings is 1. The average Bonchev–Trinajstić information content (AvgIpc) is 2.18. The molecule has 3 nitrogen and oxygen atoms in total. The van der Waals surface area contributed by atoms with E-state index in [0.717, 1.165) is 39.0 Å². The molecule has 3 heteroatoms. The summed E-state index contributed by atoms with van der Waals surface area (Å²) in [5, 5.41) is 13.9. The zero-order valence-corrected chi connectivity index (χ0v) is 9.84. The van der Waals surface area contributed by atoms with E-state index in [0.29, 0.717) is 6.04 Å². The summed E-state index contributed by atoms with van der Waals surface area (Å²) in [6.45, 7) is 6.35. The van der Waals surface area contributed by atoms with Gasteiger partial charge in [-0.1, -0.05) is 19.3 Å². The Morgan fingerprint density at radius 1 is 1.33 bits per heavy atom. The molecule has 1 aliphatic carbocycles. The molecule has 1 saturated carbocycles. The number of hydrogen-bond acceptors (Lipinski definition) is 3. The second-order valence-electron chi connectivity index (χ2n) is 5.38. The van der Waals surface area contributed by atoms with Gasteiger partial charge < -0.3 is 10.4 Å². The van der Waals surface area contributed by atoms with E-state index in [1.807, 2.05) is 0 Å². The zero-order valence-electron chi connectivity index (χ0n) is 9.84. The molecule has 0 unspecified atom stereocenters. The summed E-state index contributed by atoms with van der Waals surface area (Å²) in [4.78, 5) is 2.42. The minimum absolute atomic E-state index is 0.380. The smallest absolute Gasteiger partial charge is 0.0774 e. The van der Waals surface area contributed by atoms with Gasteiger partial charge in [-0.2, -0.15) is 0 Å². The number of aliphatic hydroxyl groups is 1. The van der Waals surface area contributed by atoms with Crippen LogP contribution in [-0.4, -0.2) is 47.8 Å². The summed E-state index contributed by atoms with van der Waals surface area (Å²) in [6, 6.07) is 0.575. The van der Waals surface area contributed by atoms with E-state index in [9.17, 15) is 5.11 Å². The van der Waals surface area contributed by atoms with Crippen LogP contribution in [0, 0.1) is 0 Å². The lowest BCUT2D eigenvalue weighted by Gasteiger charge is -2.40. The molecule has 1 saturated heterocycles. The summed E-state index contributed by atoms with van der Waals surface area (Å²) < 4.78 is 0. The van der Waals surface area contributed by atoms with Gasteiger partial charge in [0.15, 0.2) is 0 Å². The van der Waals surface area contributed by atoms with Crippen molar-refractivity contribution < 1.29 is 5.11 Å². The maximum absolute atomic E-state index is 10.4. The number of β-amino-alcohol motifs (C(OH)–C–C–N with tert-alkyl or cyclic N) is 1. The third kappa shape index (κ3) is 3.16. The lowest BCUT2D eigenvalue weighted by atomic mass is 9.84. The van der Waals surface area contributed by atoms with Crippen LogP contribution in [0.25, 0.3) is 0 Å². The highest BCUT2D eigenvalue weighted by atomic mass is 16.3. The van der Waals surface area contributed by atoms with Crippen LogP contribution < -0.4 is 5.32 Å². The van der Waals surface area contributed by atoms with Crippen molar-refractivity contribution in [3.8, 4) is 0 Å². The minimum atomic E-state index is -0.380. The normalized spacial score (nSPS) is 32.8. The van der Waals surface area contributed by atoms with Crippen molar-refractivity contribution in [2.75, 3.05) is 26.2 Å². The maximum atomic E-state index is 10.4. The first-order valence-corrected chi connectivity index (χ1v) is 6.36. The topological polar surface area (TPSA) is 35.5 Å². The van der Waals surface area contributed by atoms with Crippen LogP contribution in [0.1, 0.15) is 39.0 Å². The molecule has 2 N–H and O–H groups in total. The van der Waals surface area contributed by atoms with Crippen LogP contribution in [0.15, 0.2) is 0 Å². The van der Waals surface area contributed by atoms with Crippen molar-refractivity contribution in [3.63, 3.8) is 0 Å². The predicted octanol–water partition coefficient (Wildman–Crippen LogP) is 0.975. The molecule has 0 aromatic heterocycles. The Hall–Kier alpha value is -0.120. The molecule has 0 bridgehead atoms. The van der Waals surface area contributed by atoms with Crippen molar-refractivity contribution in [3.05, 3.63) is 0 Å². The monoisotopic (exact) mass is 212 g/mol. The Morgan fingerprint density at radius 3 is 2.73 bits per heavy atom. The number of nitrogens with zero attached hydrogens (tertiary/aromatic N) is 1. The Bertz CT molecular complexity index is 202. The van der Waals surface area contributed by atoms with Crippen molar-refractivity contribution in [1.29, 1.82) is 0 Å². The van der Waals surface area contributed by atoms with E-state index >= 15 is 0 Å². The Morgan fingerprint density at radius 2 is 2.07 bits per heavy atom. The summed E-state index contributed by atoms with van der Waals surface area (Å²) >= 11 is 0. The highest BCUT2D eigenvalue weighted by molar-refractivity contribution is 4.87. The van der Waals surface area contributed by atoms with E-state index < -0.39 is 0 Å². The summed E-state index contributed by atoms with van der Waals surface area (Å²) in [5.41, 5.74) is -0.380. The Kier molecular flexibility index (Phi) is 3.65. The maximum Gasteiger partial charge on any atom is 0.0774 e. The first-order valence-electron chi connectivity index (χ1n) is 6.36. The third-order valence-electron chi connectivity index (χ3n) is 3.76. The molecule has 15 heavy (non-hydrogen) atoms. The lowest BCUT2D eigenvalue weighted by molar-refractivity contribution is -0.0308. The quantitative estimate of drug-likeness (QED) is 0.716. The predicted molar refractivity (Wildman–Crippen MR) is 61.9 cm³/mol. The zero-order chi connectivity index (χ0) is 10.7. The molecule has 0 radical (unpaired) electrons. The van der Waals surface area contributed by atoms with Crippen LogP contribution in [0.3, 0.4) is 0 Å². The fraction of sp³-hybridized carbons (Fsp3) is 1.00. The van der Waals surface area contributed by atoms with E-state index in [4.69, 9.17) is 0 Å². The highest BCUT2D eigenvalue weighted by Crippen LogP contribution is 2.28. The van der Waals surface area contributed by atoms with Gasteiger partial charge in [-0.3, -0.25) is 4.90 Å². The number of nitrogens with one attached hydrogen (secondary N) is 1. The summed E-state index contributed by atoms with van der Waals surface area (Å²) in [6.07, 6.45) is 5.73. The van der Waals surface area contributed by atoms with Gasteiger partial charge in [0.2, 0.25) is 0 Å². The largest absolute Gasteiger partial charge is 0.389 e. The van der Waals surface area contributed by atoms with Crippen LogP contribution in [0.2, 0.25) is 0 Å². The van der Waals surface area contributed by atoms with E-state index in [1.54, 1.807) is 0 Å². The molecule has 2 aliphatic rings. The Labute approximate surface area is 92.8 Å². The van der Waals surface area contributed by atoms with Gasteiger partial charge in [0.05, 0.1) is 5.60 Å². The van der Waals surface area contributed by atoms with Crippen molar-refractivity contribution in [2.45, 2.75) is 50.7 Å². The van der Waals surface area contributed by atoms with Gasteiger partial charge in [-0.15, -0.1) is 0 Å². The molecule has 0 spiro atoms. The molecular weight excluding hydrogens is 188 g/mol. The van der Waals surface area contributed by atoms with Crippen LogP contribution >= 0.6 is 0 Å². The SMILES string of the molecule is C[C@H]1CN(CC2(O)CCCCC2)CCN1. The number of hydrogen-bond donors (Lipinski definition) is 2. The molecule has 2 fully saturated rings. The van der Waals surface area contributed by atoms with Crippen LogP contribution in [0.5, 0.6) is 0 Å². The highest BCUT2D eigenvalue weighted by Gasteiger charge is 2.32. The van der Waals surface area contributed by atoms with Gasteiger partial charge in [-0.25, -0.2) is 0 Å². The van der Waals surface area contributed by atoms with Crippen molar-refractivity contribution in [2.24, 2.45) is 0 Å². The third-order valence-corrected chi connectivity index (χ3v) is 3.76. The van der Waals surface area contributed by atoms with E-state index in [1.165, 1.54) is 19.3 Å².